The average molecular weight is 308 g/mol. The number of alkyl halides is 3. The number of rotatable bonds is 7. The predicted octanol–water partition coefficient (Wildman–Crippen LogP) is 4.06. The molecule has 1 fully saturated rings. The Bertz CT molecular complexity index is 292. The van der Waals surface area contributed by atoms with Crippen LogP contribution in [-0.4, -0.2) is 42.8 Å². The molecule has 1 rings (SSSR count). The highest BCUT2D eigenvalue weighted by atomic mass is 19.4. The van der Waals surface area contributed by atoms with Gasteiger partial charge in [-0.3, -0.25) is 4.90 Å². The van der Waals surface area contributed by atoms with Crippen LogP contribution < -0.4 is 5.32 Å². The summed E-state index contributed by atoms with van der Waals surface area (Å²) in [7, 11) is 0. The van der Waals surface area contributed by atoms with E-state index in [2.05, 4.69) is 19.2 Å². The van der Waals surface area contributed by atoms with Crippen LogP contribution in [0.2, 0.25) is 0 Å². The van der Waals surface area contributed by atoms with Crippen LogP contribution in [0.5, 0.6) is 0 Å². The molecule has 3 atom stereocenters. The Kier molecular flexibility index (Phi) is 7.48. The topological polar surface area (TPSA) is 15.3 Å². The van der Waals surface area contributed by atoms with Gasteiger partial charge in [-0.1, -0.05) is 27.7 Å². The molecule has 1 saturated carbocycles. The van der Waals surface area contributed by atoms with Gasteiger partial charge in [0.05, 0.1) is 6.54 Å². The molecule has 21 heavy (non-hydrogen) atoms. The maximum atomic E-state index is 12.9. The summed E-state index contributed by atoms with van der Waals surface area (Å²) in [5.41, 5.74) is 0. The van der Waals surface area contributed by atoms with Crippen LogP contribution in [0.3, 0.4) is 0 Å². The van der Waals surface area contributed by atoms with Crippen LogP contribution >= 0.6 is 0 Å². The molecule has 0 amide bonds. The van der Waals surface area contributed by atoms with Gasteiger partial charge in [-0.05, 0) is 50.6 Å². The van der Waals surface area contributed by atoms with E-state index in [-0.39, 0.29) is 12.1 Å². The summed E-state index contributed by atoms with van der Waals surface area (Å²) >= 11 is 0. The highest BCUT2D eigenvalue weighted by molar-refractivity contribution is 4.92. The second-order valence-corrected chi connectivity index (χ2v) is 6.63. The molecule has 0 radical (unpaired) electrons. The summed E-state index contributed by atoms with van der Waals surface area (Å²) < 4.78 is 38.7. The molecule has 126 valence electrons. The summed E-state index contributed by atoms with van der Waals surface area (Å²) in [5.74, 6) is 1.09. The van der Waals surface area contributed by atoms with Crippen LogP contribution in [0, 0.1) is 11.8 Å². The SMILES string of the molecule is CCCN(CC(F)(F)F)C1CC(C(C)C)CCC1NCC. The zero-order valence-electron chi connectivity index (χ0n) is 13.8. The summed E-state index contributed by atoms with van der Waals surface area (Å²) in [6.07, 6.45) is -0.364. The van der Waals surface area contributed by atoms with Crippen LogP contribution in [-0.2, 0) is 0 Å². The van der Waals surface area contributed by atoms with Gasteiger partial charge >= 0.3 is 6.18 Å². The van der Waals surface area contributed by atoms with Gasteiger partial charge in [0.25, 0.3) is 0 Å². The van der Waals surface area contributed by atoms with E-state index in [0.717, 1.165) is 32.2 Å². The minimum absolute atomic E-state index is 0.00711. The van der Waals surface area contributed by atoms with Crippen LogP contribution in [0.25, 0.3) is 0 Å². The van der Waals surface area contributed by atoms with Crippen molar-refractivity contribution in [3.8, 4) is 0 Å². The van der Waals surface area contributed by atoms with E-state index < -0.39 is 12.7 Å². The fourth-order valence-corrected chi connectivity index (χ4v) is 3.57. The first-order valence-corrected chi connectivity index (χ1v) is 8.32. The normalized spacial score (nSPS) is 27.6. The lowest BCUT2D eigenvalue weighted by molar-refractivity contribution is -0.154. The largest absolute Gasteiger partial charge is 0.401 e. The van der Waals surface area contributed by atoms with Gasteiger partial charge in [0.2, 0.25) is 0 Å². The Morgan fingerprint density at radius 3 is 2.33 bits per heavy atom. The molecule has 0 aromatic heterocycles. The lowest BCUT2D eigenvalue weighted by Gasteiger charge is -2.44. The van der Waals surface area contributed by atoms with E-state index in [9.17, 15) is 13.2 Å². The van der Waals surface area contributed by atoms with Crippen molar-refractivity contribution >= 4 is 0 Å². The molecule has 0 heterocycles. The fourth-order valence-electron chi connectivity index (χ4n) is 3.57. The van der Waals surface area contributed by atoms with Gasteiger partial charge in [-0.15, -0.1) is 0 Å². The molecule has 5 heteroatoms. The van der Waals surface area contributed by atoms with E-state index in [1.165, 1.54) is 0 Å². The highest BCUT2D eigenvalue weighted by Crippen LogP contribution is 2.34. The third-order valence-corrected chi connectivity index (χ3v) is 4.63. The molecular weight excluding hydrogens is 277 g/mol. The van der Waals surface area contributed by atoms with Crippen molar-refractivity contribution in [1.29, 1.82) is 0 Å². The Morgan fingerprint density at radius 2 is 1.86 bits per heavy atom. The molecule has 2 nitrogen and oxygen atoms in total. The number of likely N-dealkylation sites (N-methyl/N-ethyl adjacent to an activating group) is 1. The van der Waals surface area contributed by atoms with Crippen molar-refractivity contribution in [1.82, 2.24) is 10.2 Å². The predicted molar refractivity (Wildman–Crippen MR) is 81.4 cm³/mol. The standard InChI is InChI=1S/C16H31F3N2/c1-5-9-21(11-16(17,18)19)15-10-13(12(3)4)7-8-14(15)20-6-2/h12-15,20H,5-11H2,1-4H3. The second kappa shape index (κ2) is 8.37. The minimum atomic E-state index is -4.11. The molecule has 0 aromatic rings. The Balaban J connectivity index is 2.84. The second-order valence-electron chi connectivity index (χ2n) is 6.63. The monoisotopic (exact) mass is 308 g/mol. The van der Waals surface area contributed by atoms with E-state index in [4.69, 9.17) is 0 Å². The third-order valence-electron chi connectivity index (χ3n) is 4.63. The Hall–Kier alpha value is -0.290. The van der Waals surface area contributed by atoms with Crippen LogP contribution in [0.15, 0.2) is 0 Å². The molecule has 1 aliphatic rings. The van der Waals surface area contributed by atoms with Crippen LogP contribution in [0.4, 0.5) is 13.2 Å². The van der Waals surface area contributed by atoms with Crippen molar-refractivity contribution in [2.45, 2.75) is 71.6 Å². The molecule has 0 saturated heterocycles. The maximum Gasteiger partial charge on any atom is 0.401 e. The van der Waals surface area contributed by atoms with Crippen LogP contribution in [0.1, 0.15) is 53.4 Å². The van der Waals surface area contributed by atoms with Gasteiger partial charge in [0.15, 0.2) is 0 Å². The third kappa shape index (κ3) is 6.15. The van der Waals surface area contributed by atoms with Crippen molar-refractivity contribution in [2.24, 2.45) is 11.8 Å². The smallest absolute Gasteiger partial charge is 0.313 e. The van der Waals surface area contributed by atoms with Crippen molar-refractivity contribution in [2.75, 3.05) is 19.6 Å². The van der Waals surface area contributed by atoms with Crippen molar-refractivity contribution in [3.05, 3.63) is 0 Å². The first kappa shape index (κ1) is 18.8. The Labute approximate surface area is 127 Å². The first-order valence-electron chi connectivity index (χ1n) is 8.32. The van der Waals surface area contributed by atoms with Gasteiger partial charge in [-0.25, -0.2) is 0 Å². The zero-order chi connectivity index (χ0) is 16.0. The number of hydrogen-bond donors (Lipinski definition) is 1. The molecule has 0 spiro atoms. The van der Waals surface area contributed by atoms with Crippen molar-refractivity contribution < 1.29 is 13.2 Å². The number of hydrogen-bond acceptors (Lipinski definition) is 2. The van der Waals surface area contributed by atoms with Gasteiger partial charge < -0.3 is 5.32 Å². The number of halogens is 3. The zero-order valence-corrected chi connectivity index (χ0v) is 13.8. The maximum absolute atomic E-state index is 12.9. The molecule has 1 N–H and O–H groups in total. The summed E-state index contributed by atoms with van der Waals surface area (Å²) in [4.78, 5) is 1.67. The first-order chi connectivity index (χ1) is 9.78. The van der Waals surface area contributed by atoms with E-state index >= 15 is 0 Å². The molecule has 0 bridgehead atoms. The fraction of sp³-hybridized carbons (Fsp3) is 1.00. The van der Waals surface area contributed by atoms with E-state index in [1.54, 1.807) is 4.90 Å². The van der Waals surface area contributed by atoms with E-state index in [0.29, 0.717) is 18.4 Å². The lowest BCUT2D eigenvalue weighted by Crippen LogP contribution is -2.55. The molecule has 3 unspecified atom stereocenters. The van der Waals surface area contributed by atoms with Gasteiger partial charge in [-0.2, -0.15) is 13.2 Å². The Morgan fingerprint density at radius 1 is 1.19 bits per heavy atom. The molecule has 0 aromatic carbocycles. The quantitative estimate of drug-likeness (QED) is 0.763. The molecule has 0 aliphatic heterocycles. The summed E-state index contributed by atoms with van der Waals surface area (Å²) in [5, 5.41) is 3.41. The highest BCUT2D eigenvalue weighted by Gasteiger charge is 2.39. The van der Waals surface area contributed by atoms with Gasteiger partial charge in [0.1, 0.15) is 0 Å². The molecule has 1 aliphatic carbocycles. The molecular formula is C16H31F3N2. The van der Waals surface area contributed by atoms with Gasteiger partial charge in [0, 0.05) is 12.1 Å². The number of nitrogens with zero attached hydrogens (tertiary/aromatic N) is 1. The average Bonchev–Trinajstić information content (AvgIpc) is 2.37. The summed E-state index contributed by atoms with van der Waals surface area (Å²) in [6.45, 7) is 8.91. The van der Waals surface area contributed by atoms with Crippen molar-refractivity contribution in [3.63, 3.8) is 0 Å². The number of nitrogens with one attached hydrogen (secondary N) is 1. The lowest BCUT2D eigenvalue weighted by atomic mass is 9.76. The minimum Gasteiger partial charge on any atom is -0.313 e. The summed E-state index contributed by atoms with van der Waals surface area (Å²) in [6, 6.07) is 0.201. The van der Waals surface area contributed by atoms with E-state index in [1.807, 2.05) is 13.8 Å².